The van der Waals surface area contributed by atoms with E-state index in [1.165, 1.54) is 6.33 Å². The summed E-state index contributed by atoms with van der Waals surface area (Å²) >= 11 is 0. The number of aryl methyl sites for hydroxylation is 1. The Morgan fingerprint density at radius 2 is 1.94 bits per heavy atom. The van der Waals surface area contributed by atoms with Crippen LogP contribution in [0.1, 0.15) is 18.2 Å². The third kappa shape index (κ3) is 1.96. The van der Waals surface area contributed by atoms with Gasteiger partial charge in [-0.3, -0.25) is 4.68 Å². The summed E-state index contributed by atoms with van der Waals surface area (Å²) in [5.41, 5.74) is 13.9. The predicted molar refractivity (Wildman–Crippen MR) is 66.8 cm³/mol. The monoisotopic (exact) mass is 230 g/mol. The van der Waals surface area contributed by atoms with Crippen LogP contribution in [0.4, 0.5) is 11.6 Å². The Balaban J connectivity index is 2.58. The summed E-state index contributed by atoms with van der Waals surface area (Å²) in [6, 6.07) is 1.89. The van der Waals surface area contributed by atoms with Crippen molar-refractivity contribution in [2.45, 2.75) is 6.92 Å². The highest BCUT2D eigenvalue weighted by Crippen LogP contribution is 2.28. The second-order valence-corrected chi connectivity index (χ2v) is 3.60. The molecule has 0 amide bonds. The second-order valence-electron chi connectivity index (χ2n) is 3.60. The van der Waals surface area contributed by atoms with Crippen molar-refractivity contribution < 1.29 is 0 Å². The van der Waals surface area contributed by atoms with Gasteiger partial charge >= 0.3 is 0 Å². The van der Waals surface area contributed by atoms with E-state index in [1.54, 1.807) is 4.68 Å². The van der Waals surface area contributed by atoms with Crippen LogP contribution < -0.4 is 11.5 Å². The molecular formula is C11H14N6. The van der Waals surface area contributed by atoms with Crippen LogP contribution in [-0.4, -0.2) is 19.7 Å². The zero-order valence-corrected chi connectivity index (χ0v) is 9.75. The molecule has 0 saturated heterocycles. The van der Waals surface area contributed by atoms with E-state index in [-0.39, 0.29) is 0 Å². The molecular weight excluding hydrogens is 216 g/mol. The highest BCUT2D eigenvalue weighted by molar-refractivity contribution is 5.87. The lowest BCUT2D eigenvalue weighted by atomic mass is 10.0. The summed E-state index contributed by atoms with van der Waals surface area (Å²) in [7, 11) is 1.85. The van der Waals surface area contributed by atoms with Crippen molar-refractivity contribution in [2.75, 3.05) is 11.5 Å². The Morgan fingerprint density at radius 1 is 1.29 bits per heavy atom. The Kier molecular flexibility index (Phi) is 2.78. The number of hydrogen-bond donors (Lipinski definition) is 2. The summed E-state index contributed by atoms with van der Waals surface area (Å²) in [5, 5.41) is 4.32. The van der Waals surface area contributed by atoms with E-state index in [1.807, 2.05) is 32.3 Å². The normalized spacial score (nSPS) is 11.8. The first-order valence-electron chi connectivity index (χ1n) is 5.16. The number of nitrogens with zero attached hydrogens (tertiary/aromatic N) is 4. The van der Waals surface area contributed by atoms with E-state index in [9.17, 15) is 0 Å². The van der Waals surface area contributed by atoms with Gasteiger partial charge in [0.05, 0.1) is 11.3 Å². The zero-order chi connectivity index (χ0) is 12.4. The maximum Gasteiger partial charge on any atom is 0.136 e. The molecule has 88 valence electrons. The molecule has 0 bridgehead atoms. The van der Waals surface area contributed by atoms with Gasteiger partial charge in [0.2, 0.25) is 0 Å². The SMILES string of the molecule is C/C=C(/c1ccn(C)n1)c1c(N)ncnc1N. The Hall–Kier alpha value is -2.37. The lowest BCUT2D eigenvalue weighted by Crippen LogP contribution is -2.05. The maximum absolute atomic E-state index is 5.84. The number of anilines is 2. The second kappa shape index (κ2) is 4.25. The van der Waals surface area contributed by atoms with Crippen molar-refractivity contribution in [3.05, 3.63) is 35.9 Å². The summed E-state index contributed by atoms with van der Waals surface area (Å²) in [4.78, 5) is 7.90. The molecule has 2 heterocycles. The number of nitrogens with two attached hydrogens (primary N) is 2. The molecule has 0 aliphatic heterocycles. The molecule has 2 aromatic rings. The molecule has 6 heteroatoms. The van der Waals surface area contributed by atoms with Crippen molar-refractivity contribution in [1.29, 1.82) is 0 Å². The number of hydrogen-bond acceptors (Lipinski definition) is 5. The molecule has 2 rings (SSSR count). The molecule has 0 spiro atoms. The smallest absolute Gasteiger partial charge is 0.136 e. The van der Waals surface area contributed by atoms with Gasteiger partial charge in [-0.25, -0.2) is 9.97 Å². The fraction of sp³-hybridized carbons (Fsp3) is 0.182. The standard InChI is InChI=1S/C11H14N6/c1-3-7(8-4-5-17(2)16-8)9-10(12)14-6-15-11(9)13/h3-6H,1-2H3,(H4,12,13,14,15)/b7-3-. The number of rotatable bonds is 2. The molecule has 2 aromatic heterocycles. The molecule has 0 unspecified atom stereocenters. The average molecular weight is 230 g/mol. The quantitative estimate of drug-likeness (QED) is 0.796. The molecule has 0 aliphatic carbocycles. The largest absolute Gasteiger partial charge is 0.383 e. The average Bonchev–Trinajstić information content (AvgIpc) is 2.70. The molecule has 0 atom stereocenters. The molecule has 4 N–H and O–H groups in total. The number of allylic oxidation sites excluding steroid dienone is 1. The fourth-order valence-electron chi connectivity index (χ4n) is 1.67. The van der Waals surface area contributed by atoms with Gasteiger partial charge in [-0.1, -0.05) is 6.08 Å². The Bertz CT molecular complexity index is 549. The molecule has 0 fully saturated rings. The molecule has 0 radical (unpaired) electrons. The summed E-state index contributed by atoms with van der Waals surface area (Å²) in [5.74, 6) is 0.715. The maximum atomic E-state index is 5.84. The lowest BCUT2D eigenvalue weighted by Gasteiger charge is -2.09. The number of aromatic nitrogens is 4. The lowest BCUT2D eigenvalue weighted by molar-refractivity contribution is 0.763. The minimum absolute atomic E-state index is 0.358. The first-order chi connectivity index (χ1) is 8.13. The van der Waals surface area contributed by atoms with E-state index in [0.29, 0.717) is 17.2 Å². The van der Waals surface area contributed by atoms with Crippen LogP contribution in [0, 0.1) is 0 Å². The van der Waals surface area contributed by atoms with Crippen LogP contribution in [0.25, 0.3) is 5.57 Å². The molecule has 0 saturated carbocycles. The van der Waals surface area contributed by atoms with Crippen LogP contribution in [0.3, 0.4) is 0 Å². The van der Waals surface area contributed by atoms with Crippen LogP contribution in [0.15, 0.2) is 24.7 Å². The highest BCUT2D eigenvalue weighted by atomic mass is 15.2. The first kappa shape index (κ1) is 11.1. The van der Waals surface area contributed by atoms with Crippen molar-refractivity contribution in [2.24, 2.45) is 7.05 Å². The van der Waals surface area contributed by atoms with Crippen LogP contribution in [0.2, 0.25) is 0 Å². The molecule has 6 nitrogen and oxygen atoms in total. The van der Waals surface area contributed by atoms with Gasteiger partial charge in [-0.05, 0) is 13.0 Å². The van der Waals surface area contributed by atoms with E-state index in [0.717, 1.165) is 11.3 Å². The van der Waals surface area contributed by atoms with Gasteiger partial charge in [-0.2, -0.15) is 5.10 Å². The van der Waals surface area contributed by atoms with Crippen molar-refractivity contribution in [1.82, 2.24) is 19.7 Å². The van der Waals surface area contributed by atoms with Gasteiger partial charge in [0, 0.05) is 18.8 Å². The third-order valence-corrected chi connectivity index (χ3v) is 2.45. The predicted octanol–water partition coefficient (Wildman–Crippen LogP) is 0.826. The molecule has 0 aliphatic rings. The minimum atomic E-state index is 0.358. The zero-order valence-electron chi connectivity index (χ0n) is 9.75. The summed E-state index contributed by atoms with van der Waals surface area (Å²) in [6.07, 6.45) is 5.10. The Labute approximate surface area is 99.0 Å². The van der Waals surface area contributed by atoms with Crippen molar-refractivity contribution in [3.63, 3.8) is 0 Å². The first-order valence-corrected chi connectivity index (χ1v) is 5.16. The molecule has 17 heavy (non-hydrogen) atoms. The van der Waals surface area contributed by atoms with E-state index >= 15 is 0 Å². The van der Waals surface area contributed by atoms with Gasteiger partial charge in [0.15, 0.2) is 0 Å². The van der Waals surface area contributed by atoms with E-state index < -0.39 is 0 Å². The van der Waals surface area contributed by atoms with Crippen LogP contribution >= 0.6 is 0 Å². The Morgan fingerprint density at radius 3 is 2.41 bits per heavy atom. The van der Waals surface area contributed by atoms with Gasteiger partial charge < -0.3 is 11.5 Å². The van der Waals surface area contributed by atoms with Gasteiger partial charge in [0.1, 0.15) is 18.0 Å². The highest BCUT2D eigenvalue weighted by Gasteiger charge is 2.15. The van der Waals surface area contributed by atoms with Crippen LogP contribution in [0.5, 0.6) is 0 Å². The van der Waals surface area contributed by atoms with Crippen LogP contribution in [-0.2, 0) is 7.05 Å². The third-order valence-electron chi connectivity index (χ3n) is 2.45. The van der Waals surface area contributed by atoms with Crippen molar-refractivity contribution in [3.8, 4) is 0 Å². The van der Waals surface area contributed by atoms with Gasteiger partial charge in [-0.15, -0.1) is 0 Å². The minimum Gasteiger partial charge on any atom is -0.383 e. The van der Waals surface area contributed by atoms with Gasteiger partial charge in [0.25, 0.3) is 0 Å². The topological polar surface area (TPSA) is 95.6 Å². The summed E-state index contributed by atoms with van der Waals surface area (Å²) < 4.78 is 1.72. The molecule has 0 aromatic carbocycles. The summed E-state index contributed by atoms with van der Waals surface area (Å²) in [6.45, 7) is 1.90. The van der Waals surface area contributed by atoms with E-state index in [4.69, 9.17) is 11.5 Å². The number of nitrogen functional groups attached to an aromatic ring is 2. The van der Waals surface area contributed by atoms with Crippen molar-refractivity contribution >= 4 is 17.2 Å². The van der Waals surface area contributed by atoms with E-state index in [2.05, 4.69) is 15.1 Å². The fourth-order valence-corrected chi connectivity index (χ4v) is 1.67.